The number of aryl methyl sites for hydroxylation is 1. The predicted octanol–water partition coefficient (Wildman–Crippen LogP) is -1.06. The summed E-state index contributed by atoms with van der Waals surface area (Å²) in [7, 11) is 0. The van der Waals surface area contributed by atoms with E-state index in [1.807, 2.05) is 4.98 Å². The van der Waals surface area contributed by atoms with Gasteiger partial charge in [-0.15, -0.1) is 0 Å². The summed E-state index contributed by atoms with van der Waals surface area (Å²) in [6.07, 6.45) is 4.80. The summed E-state index contributed by atoms with van der Waals surface area (Å²) in [4.78, 5) is 39.6. The number of hydrogen-bond donors (Lipinski definition) is 3. The topological polar surface area (TPSA) is 133 Å². The first-order chi connectivity index (χ1) is 10.1. The minimum Gasteiger partial charge on any atom is -0.273 e. The van der Waals surface area contributed by atoms with Crippen molar-refractivity contribution >= 4 is 12.1 Å². The van der Waals surface area contributed by atoms with Gasteiger partial charge in [-0.3, -0.25) is 19.6 Å². The molecule has 1 amide bonds. The average molecular weight is 288 g/mol. The Labute approximate surface area is 118 Å². The summed E-state index contributed by atoms with van der Waals surface area (Å²) in [5.74, 6) is -0.373. The highest BCUT2D eigenvalue weighted by atomic mass is 16.2. The molecule has 9 nitrogen and oxygen atoms in total. The lowest BCUT2D eigenvalue weighted by Crippen LogP contribution is -2.28. The number of aromatic nitrogens is 4. The van der Waals surface area contributed by atoms with E-state index < -0.39 is 11.2 Å². The lowest BCUT2D eigenvalue weighted by atomic mass is 10.2. The minimum atomic E-state index is -0.686. The van der Waals surface area contributed by atoms with E-state index in [0.717, 1.165) is 5.56 Å². The Morgan fingerprint density at radius 3 is 3.00 bits per heavy atom. The molecule has 0 aliphatic rings. The summed E-state index contributed by atoms with van der Waals surface area (Å²) in [5.41, 5.74) is 1.86. The maximum absolute atomic E-state index is 11.5. The van der Waals surface area contributed by atoms with Gasteiger partial charge in [0.2, 0.25) is 5.91 Å². The van der Waals surface area contributed by atoms with Gasteiger partial charge in [0, 0.05) is 30.8 Å². The van der Waals surface area contributed by atoms with Crippen molar-refractivity contribution in [1.82, 2.24) is 25.6 Å². The van der Waals surface area contributed by atoms with Crippen molar-refractivity contribution < 1.29 is 4.79 Å². The van der Waals surface area contributed by atoms with Gasteiger partial charge in [0.1, 0.15) is 5.69 Å². The SMILES string of the molecule is O=C(CCc1n[nH]c(=O)[nH]c1=O)N/N=C/c1cccnc1. The highest BCUT2D eigenvalue weighted by Crippen LogP contribution is 1.92. The number of pyridine rings is 1. The van der Waals surface area contributed by atoms with Crippen LogP contribution in [0.1, 0.15) is 17.7 Å². The van der Waals surface area contributed by atoms with Crippen molar-refractivity contribution in [1.29, 1.82) is 0 Å². The molecule has 2 aromatic rings. The van der Waals surface area contributed by atoms with Crippen LogP contribution < -0.4 is 16.7 Å². The maximum atomic E-state index is 11.5. The molecule has 0 saturated heterocycles. The van der Waals surface area contributed by atoms with E-state index in [1.54, 1.807) is 24.5 Å². The molecule has 0 aliphatic carbocycles. The number of rotatable bonds is 5. The van der Waals surface area contributed by atoms with Crippen molar-refractivity contribution in [3.63, 3.8) is 0 Å². The molecule has 0 aromatic carbocycles. The van der Waals surface area contributed by atoms with Crippen LogP contribution in [0, 0.1) is 0 Å². The van der Waals surface area contributed by atoms with Crippen molar-refractivity contribution in [2.45, 2.75) is 12.8 Å². The van der Waals surface area contributed by atoms with Crippen LogP contribution in [-0.4, -0.2) is 32.3 Å². The summed E-state index contributed by atoms with van der Waals surface area (Å²) < 4.78 is 0. The van der Waals surface area contributed by atoms with E-state index in [0.29, 0.717) is 0 Å². The van der Waals surface area contributed by atoms with E-state index in [-0.39, 0.29) is 24.4 Å². The van der Waals surface area contributed by atoms with Gasteiger partial charge < -0.3 is 0 Å². The molecule has 0 aliphatic heterocycles. The predicted molar refractivity (Wildman–Crippen MR) is 73.8 cm³/mol. The van der Waals surface area contributed by atoms with E-state index in [9.17, 15) is 14.4 Å². The van der Waals surface area contributed by atoms with Crippen molar-refractivity contribution in [3.8, 4) is 0 Å². The summed E-state index contributed by atoms with van der Waals surface area (Å²) in [6, 6.07) is 3.53. The molecule has 0 atom stereocenters. The van der Waals surface area contributed by atoms with Crippen molar-refractivity contribution in [2.24, 2.45) is 5.10 Å². The van der Waals surface area contributed by atoms with Gasteiger partial charge in [0.25, 0.3) is 5.56 Å². The first kappa shape index (κ1) is 14.3. The van der Waals surface area contributed by atoms with Crippen LogP contribution in [-0.2, 0) is 11.2 Å². The highest BCUT2D eigenvalue weighted by molar-refractivity contribution is 5.81. The third kappa shape index (κ3) is 4.49. The summed E-state index contributed by atoms with van der Waals surface area (Å²) in [5, 5.41) is 9.43. The Balaban J connectivity index is 1.84. The molecule has 0 fully saturated rings. The van der Waals surface area contributed by atoms with Crippen LogP contribution >= 0.6 is 0 Å². The molecule has 21 heavy (non-hydrogen) atoms. The average Bonchev–Trinajstić information content (AvgIpc) is 2.47. The second kappa shape index (κ2) is 6.89. The Kier molecular flexibility index (Phi) is 4.70. The third-order valence-electron chi connectivity index (χ3n) is 2.46. The molecule has 2 rings (SSSR count). The largest absolute Gasteiger partial charge is 0.342 e. The molecule has 0 unspecified atom stereocenters. The zero-order valence-corrected chi connectivity index (χ0v) is 10.9. The number of aromatic amines is 2. The zero-order chi connectivity index (χ0) is 15.1. The van der Waals surface area contributed by atoms with Gasteiger partial charge in [0.05, 0.1) is 6.21 Å². The number of H-pyrrole nitrogens is 2. The normalized spacial score (nSPS) is 10.7. The summed E-state index contributed by atoms with van der Waals surface area (Å²) >= 11 is 0. The minimum absolute atomic E-state index is 0.0203. The number of hydrazone groups is 1. The monoisotopic (exact) mass is 288 g/mol. The van der Waals surface area contributed by atoms with E-state index in [2.05, 4.69) is 25.7 Å². The van der Waals surface area contributed by atoms with E-state index in [4.69, 9.17) is 0 Å². The van der Waals surface area contributed by atoms with Crippen molar-refractivity contribution in [3.05, 3.63) is 56.6 Å². The van der Waals surface area contributed by atoms with Gasteiger partial charge in [-0.25, -0.2) is 15.3 Å². The van der Waals surface area contributed by atoms with E-state index in [1.165, 1.54) is 6.21 Å². The number of carbonyl (C=O) groups is 1. The third-order valence-corrected chi connectivity index (χ3v) is 2.46. The number of nitrogens with one attached hydrogen (secondary N) is 3. The lowest BCUT2D eigenvalue weighted by molar-refractivity contribution is -0.121. The van der Waals surface area contributed by atoms with Gasteiger partial charge in [-0.1, -0.05) is 6.07 Å². The van der Waals surface area contributed by atoms with Gasteiger partial charge in [0.15, 0.2) is 0 Å². The molecule has 2 aromatic heterocycles. The molecule has 0 saturated carbocycles. The number of carbonyl (C=O) groups excluding carboxylic acids is 1. The quantitative estimate of drug-likeness (QED) is 0.476. The molecule has 0 radical (unpaired) electrons. The zero-order valence-electron chi connectivity index (χ0n) is 10.9. The first-order valence-corrected chi connectivity index (χ1v) is 6.05. The highest BCUT2D eigenvalue weighted by Gasteiger charge is 2.06. The molecule has 108 valence electrons. The van der Waals surface area contributed by atoms with E-state index >= 15 is 0 Å². The fourth-order valence-electron chi connectivity index (χ4n) is 1.46. The number of hydrogen-bond acceptors (Lipinski definition) is 6. The van der Waals surface area contributed by atoms with Crippen LogP contribution in [0.25, 0.3) is 0 Å². The van der Waals surface area contributed by atoms with Gasteiger partial charge in [-0.2, -0.15) is 10.2 Å². The van der Waals surface area contributed by atoms with Gasteiger partial charge >= 0.3 is 5.69 Å². The maximum Gasteiger partial charge on any atom is 0.342 e. The number of amides is 1. The standard InChI is InChI=1S/C12H12N6O3/c19-10(17-14-7-8-2-1-5-13-6-8)4-3-9-11(20)15-12(21)18-16-9/h1-2,5-7H,3-4H2,(H,17,19)(H2,15,18,20,21)/b14-7+. The Hall–Kier alpha value is -3.10. The second-order valence-corrected chi connectivity index (χ2v) is 4.03. The molecular formula is C12H12N6O3. The molecule has 0 spiro atoms. The molecule has 3 N–H and O–H groups in total. The molecule has 0 bridgehead atoms. The Morgan fingerprint density at radius 2 is 2.29 bits per heavy atom. The second-order valence-electron chi connectivity index (χ2n) is 4.03. The smallest absolute Gasteiger partial charge is 0.273 e. The molecular weight excluding hydrogens is 276 g/mol. The molecule has 9 heteroatoms. The van der Waals surface area contributed by atoms with Crippen LogP contribution in [0.15, 0.2) is 39.2 Å². The Bertz CT molecular complexity index is 749. The van der Waals surface area contributed by atoms with Crippen LogP contribution in [0.3, 0.4) is 0 Å². The van der Waals surface area contributed by atoms with Crippen LogP contribution in [0.5, 0.6) is 0 Å². The lowest BCUT2D eigenvalue weighted by Gasteiger charge is -1.99. The first-order valence-electron chi connectivity index (χ1n) is 6.05. The fraction of sp³-hybridized carbons (Fsp3) is 0.167. The summed E-state index contributed by atoms with van der Waals surface area (Å²) in [6.45, 7) is 0. The Morgan fingerprint density at radius 1 is 1.43 bits per heavy atom. The van der Waals surface area contributed by atoms with Crippen molar-refractivity contribution in [2.75, 3.05) is 0 Å². The van der Waals surface area contributed by atoms with Crippen LogP contribution in [0.2, 0.25) is 0 Å². The number of nitrogens with zero attached hydrogens (tertiary/aromatic N) is 3. The van der Waals surface area contributed by atoms with Gasteiger partial charge in [-0.05, 0) is 6.07 Å². The van der Waals surface area contributed by atoms with Crippen LogP contribution in [0.4, 0.5) is 0 Å². The molecule has 2 heterocycles. The fourth-order valence-corrected chi connectivity index (χ4v) is 1.46.